The van der Waals surface area contributed by atoms with E-state index in [-0.39, 0.29) is 16.9 Å². The number of methoxy groups -OCH3 is 1. The van der Waals surface area contributed by atoms with Crippen molar-refractivity contribution in [3.63, 3.8) is 0 Å². The molecule has 0 aliphatic carbocycles. The topological polar surface area (TPSA) is 82.2 Å². The van der Waals surface area contributed by atoms with Crippen LogP contribution in [0.1, 0.15) is 10.4 Å². The van der Waals surface area contributed by atoms with Gasteiger partial charge in [-0.3, -0.25) is 4.68 Å². The van der Waals surface area contributed by atoms with Gasteiger partial charge in [-0.2, -0.15) is 5.10 Å². The Morgan fingerprint density at radius 2 is 2.35 bits per heavy atom. The molecule has 0 aliphatic rings. The Hall–Kier alpha value is -2.57. The largest absolute Gasteiger partial charge is 0.465 e. The SMILES string of the molecule is COC(=O)c1cc(NCCn2cccn2)c(F)cc1N. The van der Waals surface area contributed by atoms with E-state index in [0.717, 1.165) is 6.07 Å². The second kappa shape index (κ2) is 6.05. The molecular formula is C13H15FN4O2. The lowest BCUT2D eigenvalue weighted by molar-refractivity contribution is 0.0602. The Bertz CT molecular complexity index is 599. The maximum atomic E-state index is 13.7. The Kier molecular flexibility index (Phi) is 4.19. The first-order valence-electron chi connectivity index (χ1n) is 6.00. The van der Waals surface area contributed by atoms with Crippen molar-refractivity contribution < 1.29 is 13.9 Å². The van der Waals surface area contributed by atoms with Crippen LogP contribution in [0.15, 0.2) is 30.6 Å². The monoisotopic (exact) mass is 278 g/mol. The van der Waals surface area contributed by atoms with E-state index in [2.05, 4.69) is 15.2 Å². The molecule has 106 valence electrons. The Morgan fingerprint density at radius 3 is 3.00 bits per heavy atom. The molecule has 0 fully saturated rings. The van der Waals surface area contributed by atoms with Crippen LogP contribution in [0.3, 0.4) is 0 Å². The van der Waals surface area contributed by atoms with Gasteiger partial charge in [0.15, 0.2) is 0 Å². The van der Waals surface area contributed by atoms with Crippen LogP contribution in [0.5, 0.6) is 0 Å². The zero-order valence-corrected chi connectivity index (χ0v) is 11.0. The minimum atomic E-state index is -0.599. The van der Waals surface area contributed by atoms with Crippen molar-refractivity contribution in [2.75, 3.05) is 24.7 Å². The van der Waals surface area contributed by atoms with Gasteiger partial charge in [-0.15, -0.1) is 0 Å². The quantitative estimate of drug-likeness (QED) is 0.640. The normalized spacial score (nSPS) is 10.3. The van der Waals surface area contributed by atoms with Crippen molar-refractivity contribution >= 4 is 17.3 Å². The van der Waals surface area contributed by atoms with Gasteiger partial charge in [0.25, 0.3) is 0 Å². The average Bonchev–Trinajstić information content (AvgIpc) is 2.93. The molecule has 2 aromatic rings. The smallest absolute Gasteiger partial charge is 0.340 e. The highest BCUT2D eigenvalue weighted by molar-refractivity contribution is 5.96. The first-order chi connectivity index (χ1) is 9.61. The number of nitrogens with zero attached hydrogens (tertiary/aromatic N) is 2. The zero-order chi connectivity index (χ0) is 14.5. The van der Waals surface area contributed by atoms with E-state index in [0.29, 0.717) is 13.1 Å². The third-order valence-electron chi connectivity index (χ3n) is 2.76. The Balaban J connectivity index is 2.08. The van der Waals surface area contributed by atoms with Gasteiger partial charge in [0, 0.05) is 24.6 Å². The molecule has 0 spiro atoms. The minimum absolute atomic E-state index is 0.0481. The van der Waals surface area contributed by atoms with E-state index >= 15 is 0 Å². The highest BCUT2D eigenvalue weighted by Gasteiger charge is 2.14. The summed E-state index contributed by atoms with van der Waals surface area (Å²) >= 11 is 0. The second-order valence-electron chi connectivity index (χ2n) is 4.11. The summed E-state index contributed by atoms with van der Waals surface area (Å²) in [5, 5.41) is 6.93. The van der Waals surface area contributed by atoms with Crippen molar-refractivity contribution in [2.45, 2.75) is 6.54 Å². The minimum Gasteiger partial charge on any atom is -0.465 e. The van der Waals surface area contributed by atoms with Gasteiger partial charge < -0.3 is 15.8 Å². The molecule has 0 saturated heterocycles. The molecule has 0 aliphatic heterocycles. The van der Waals surface area contributed by atoms with Crippen LogP contribution in [0.4, 0.5) is 15.8 Å². The number of nitrogens with two attached hydrogens (primary N) is 1. The number of hydrogen-bond acceptors (Lipinski definition) is 5. The number of anilines is 2. The van der Waals surface area contributed by atoms with Crippen molar-refractivity contribution in [1.82, 2.24) is 9.78 Å². The van der Waals surface area contributed by atoms with Crippen LogP contribution in [0.2, 0.25) is 0 Å². The summed E-state index contributed by atoms with van der Waals surface area (Å²) in [6, 6.07) is 4.25. The van der Waals surface area contributed by atoms with Gasteiger partial charge >= 0.3 is 5.97 Å². The van der Waals surface area contributed by atoms with Gasteiger partial charge in [-0.1, -0.05) is 0 Å². The number of aromatic nitrogens is 2. The molecule has 0 radical (unpaired) electrons. The number of esters is 1. The molecule has 0 unspecified atom stereocenters. The molecule has 0 saturated carbocycles. The molecule has 20 heavy (non-hydrogen) atoms. The van der Waals surface area contributed by atoms with Gasteiger partial charge in [0.2, 0.25) is 0 Å². The molecule has 0 bridgehead atoms. The molecular weight excluding hydrogens is 263 g/mol. The predicted molar refractivity (Wildman–Crippen MR) is 72.9 cm³/mol. The number of carbonyl (C=O) groups excluding carboxylic acids is 1. The Morgan fingerprint density at radius 1 is 1.55 bits per heavy atom. The van der Waals surface area contributed by atoms with Crippen LogP contribution in [0, 0.1) is 5.82 Å². The van der Waals surface area contributed by atoms with Crippen molar-refractivity contribution in [2.24, 2.45) is 0 Å². The van der Waals surface area contributed by atoms with Gasteiger partial charge in [-0.05, 0) is 18.2 Å². The number of hydrogen-bond donors (Lipinski definition) is 2. The number of carbonyl (C=O) groups is 1. The summed E-state index contributed by atoms with van der Waals surface area (Å²) in [5.41, 5.74) is 5.97. The summed E-state index contributed by atoms with van der Waals surface area (Å²) in [6.45, 7) is 1.04. The van der Waals surface area contributed by atoms with Gasteiger partial charge in [0.05, 0.1) is 24.9 Å². The van der Waals surface area contributed by atoms with Gasteiger partial charge in [-0.25, -0.2) is 9.18 Å². The predicted octanol–water partition coefficient (Wildman–Crippen LogP) is 1.50. The maximum absolute atomic E-state index is 13.7. The molecule has 0 amide bonds. The van der Waals surface area contributed by atoms with E-state index < -0.39 is 11.8 Å². The van der Waals surface area contributed by atoms with E-state index in [1.165, 1.54) is 13.2 Å². The molecule has 1 heterocycles. The fourth-order valence-electron chi connectivity index (χ4n) is 1.75. The highest BCUT2D eigenvalue weighted by atomic mass is 19.1. The summed E-state index contributed by atoms with van der Waals surface area (Å²) in [4.78, 5) is 11.5. The Labute approximate surface area is 115 Å². The third-order valence-corrected chi connectivity index (χ3v) is 2.76. The van der Waals surface area contributed by atoms with Gasteiger partial charge in [0.1, 0.15) is 5.82 Å². The van der Waals surface area contributed by atoms with Crippen LogP contribution in [0.25, 0.3) is 0 Å². The third kappa shape index (κ3) is 3.05. The molecule has 0 atom stereocenters. The fourth-order valence-corrected chi connectivity index (χ4v) is 1.75. The number of rotatable bonds is 5. The summed E-state index contributed by atoms with van der Waals surface area (Å²) in [5.74, 6) is -1.12. The van der Waals surface area contributed by atoms with Crippen LogP contribution < -0.4 is 11.1 Å². The maximum Gasteiger partial charge on any atom is 0.340 e. The molecule has 6 nitrogen and oxygen atoms in total. The van der Waals surface area contributed by atoms with E-state index in [9.17, 15) is 9.18 Å². The summed E-state index contributed by atoms with van der Waals surface area (Å²) in [7, 11) is 1.25. The van der Waals surface area contributed by atoms with Crippen LogP contribution in [-0.2, 0) is 11.3 Å². The standard InChI is InChI=1S/C13H15FN4O2/c1-20-13(19)9-7-12(10(14)8-11(9)15)16-4-6-18-5-2-3-17-18/h2-3,5,7-8,16H,4,6,15H2,1H3. The van der Waals surface area contributed by atoms with E-state index in [1.807, 2.05) is 0 Å². The second-order valence-corrected chi connectivity index (χ2v) is 4.11. The zero-order valence-electron chi connectivity index (χ0n) is 11.0. The molecule has 3 N–H and O–H groups in total. The lowest BCUT2D eigenvalue weighted by Crippen LogP contribution is -2.13. The summed E-state index contributed by atoms with van der Waals surface area (Å²) in [6.07, 6.45) is 3.47. The number of nitrogens with one attached hydrogen (secondary N) is 1. The molecule has 1 aromatic heterocycles. The number of ether oxygens (including phenoxy) is 1. The lowest BCUT2D eigenvalue weighted by atomic mass is 10.1. The van der Waals surface area contributed by atoms with Crippen molar-refractivity contribution in [1.29, 1.82) is 0 Å². The summed E-state index contributed by atoms with van der Waals surface area (Å²) < 4.78 is 20.1. The van der Waals surface area contributed by atoms with E-state index in [1.54, 1.807) is 23.1 Å². The highest BCUT2D eigenvalue weighted by Crippen LogP contribution is 2.22. The van der Waals surface area contributed by atoms with Crippen molar-refractivity contribution in [3.05, 3.63) is 42.0 Å². The fraction of sp³-hybridized carbons (Fsp3) is 0.231. The number of benzene rings is 1. The number of nitrogen functional groups attached to an aromatic ring is 1. The average molecular weight is 278 g/mol. The lowest BCUT2D eigenvalue weighted by Gasteiger charge is -2.11. The van der Waals surface area contributed by atoms with E-state index in [4.69, 9.17) is 5.73 Å². The molecule has 7 heteroatoms. The molecule has 2 rings (SSSR count). The number of halogens is 1. The van der Waals surface area contributed by atoms with Crippen LogP contribution >= 0.6 is 0 Å². The first kappa shape index (κ1) is 13.9. The first-order valence-corrected chi connectivity index (χ1v) is 6.00. The van der Waals surface area contributed by atoms with Crippen LogP contribution in [-0.4, -0.2) is 29.4 Å². The molecule has 1 aromatic carbocycles. The van der Waals surface area contributed by atoms with Crippen molar-refractivity contribution in [3.8, 4) is 0 Å².